The molecule has 0 aromatic heterocycles. The molecule has 84 valence electrons. The highest BCUT2D eigenvalue weighted by atomic mass is 16.1. The third kappa shape index (κ3) is 2.95. The van der Waals surface area contributed by atoms with Crippen molar-refractivity contribution in [2.24, 2.45) is 28.4 Å². The Morgan fingerprint density at radius 3 is 1.67 bits per heavy atom. The highest BCUT2D eigenvalue weighted by molar-refractivity contribution is 5.80. The highest BCUT2D eigenvalue weighted by Crippen LogP contribution is 2.51. The van der Waals surface area contributed by atoms with Gasteiger partial charge in [-0.3, -0.25) is 4.79 Å². The van der Waals surface area contributed by atoms with Crippen molar-refractivity contribution in [1.29, 1.82) is 5.26 Å². The largest absolute Gasteiger partial charge is 0.369 e. The van der Waals surface area contributed by atoms with E-state index in [1.807, 2.05) is 0 Å². The van der Waals surface area contributed by atoms with Crippen LogP contribution in [0.5, 0.6) is 0 Å². The fourth-order valence-corrected chi connectivity index (χ4v) is 1.64. The molecule has 1 amide bonds. The molecular weight excluding hydrogens is 188 g/mol. The molecule has 3 heteroatoms. The van der Waals surface area contributed by atoms with Crippen molar-refractivity contribution in [3.63, 3.8) is 0 Å². The van der Waals surface area contributed by atoms with Crippen molar-refractivity contribution in [2.75, 3.05) is 0 Å². The average Bonchev–Trinajstić information content (AvgIpc) is 2.89. The zero-order valence-electron chi connectivity index (χ0n) is 10.0. The third-order valence-electron chi connectivity index (χ3n) is 3.53. The van der Waals surface area contributed by atoms with E-state index >= 15 is 0 Å². The van der Waals surface area contributed by atoms with Gasteiger partial charge in [-0.25, -0.2) is 0 Å². The second-order valence-electron chi connectivity index (χ2n) is 6.02. The van der Waals surface area contributed by atoms with Crippen LogP contribution in [0.15, 0.2) is 0 Å². The van der Waals surface area contributed by atoms with Crippen molar-refractivity contribution >= 4 is 5.91 Å². The number of primary amides is 1. The molecule has 0 radical (unpaired) electrons. The van der Waals surface area contributed by atoms with E-state index in [1.54, 1.807) is 0 Å². The van der Waals surface area contributed by atoms with Crippen LogP contribution < -0.4 is 5.73 Å². The Kier molecular flexibility index (Phi) is 2.82. The summed E-state index contributed by atoms with van der Waals surface area (Å²) in [6, 6.07) is 2.23. The van der Waals surface area contributed by atoms with E-state index in [4.69, 9.17) is 11.0 Å². The van der Waals surface area contributed by atoms with Crippen LogP contribution in [0.4, 0.5) is 0 Å². The first-order valence-electron chi connectivity index (χ1n) is 5.39. The van der Waals surface area contributed by atoms with E-state index in [9.17, 15) is 4.79 Å². The molecule has 0 spiro atoms. The summed E-state index contributed by atoms with van der Waals surface area (Å²) in [7, 11) is 0. The summed E-state index contributed by atoms with van der Waals surface area (Å²) in [6.07, 6.45) is 2.08. The Morgan fingerprint density at radius 2 is 1.67 bits per heavy atom. The minimum absolute atomic E-state index is 0.144. The number of carbonyl (C=O) groups is 1. The van der Waals surface area contributed by atoms with Crippen molar-refractivity contribution in [1.82, 2.24) is 0 Å². The number of nitrogens with zero attached hydrogens (tertiary/aromatic N) is 1. The van der Waals surface area contributed by atoms with Gasteiger partial charge in [0.1, 0.15) is 0 Å². The van der Waals surface area contributed by atoms with Crippen LogP contribution in [0.1, 0.15) is 40.5 Å². The lowest BCUT2D eigenvalue weighted by atomic mass is 10.1. The highest BCUT2D eigenvalue weighted by Gasteiger charge is 2.49. The summed E-state index contributed by atoms with van der Waals surface area (Å²) in [5, 5.41) is 8.29. The van der Waals surface area contributed by atoms with Gasteiger partial charge >= 0.3 is 0 Å². The van der Waals surface area contributed by atoms with Crippen LogP contribution in [-0.2, 0) is 4.79 Å². The molecule has 0 aromatic carbocycles. The Bertz CT molecular complexity index is 312. The molecule has 0 heterocycles. The molecule has 3 nitrogen and oxygen atoms in total. The third-order valence-corrected chi connectivity index (χ3v) is 3.53. The Morgan fingerprint density at radius 1 is 1.27 bits per heavy atom. The Labute approximate surface area is 91.6 Å². The summed E-state index contributed by atoms with van der Waals surface area (Å²) in [5.74, 6) is 0.366. The van der Waals surface area contributed by atoms with Gasteiger partial charge in [0, 0.05) is 5.92 Å². The second-order valence-corrected chi connectivity index (χ2v) is 6.02. The van der Waals surface area contributed by atoms with Crippen LogP contribution in [0, 0.1) is 34.0 Å². The van der Waals surface area contributed by atoms with Gasteiger partial charge in [0.25, 0.3) is 0 Å². The number of hydrogen-bond acceptors (Lipinski definition) is 2. The van der Waals surface area contributed by atoms with Gasteiger partial charge < -0.3 is 5.73 Å². The van der Waals surface area contributed by atoms with Gasteiger partial charge in [-0.05, 0) is 23.7 Å². The van der Waals surface area contributed by atoms with E-state index in [-0.39, 0.29) is 17.2 Å². The standard InChI is InChI=1S/C6H11NO.C6H9N/c1-6(2)3-4(6)5(7)8;1-6(2)3-5(6)4-7/h4H,3H2,1-2H3,(H2,7,8);5H,3H2,1-2H3. The number of nitrogens with two attached hydrogens (primary N) is 1. The summed E-state index contributed by atoms with van der Waals surface area (Å²) < 4.78 is 0. The lowest BCUT2D eigenvalue weighted by molar-refractivity contribution is -0.119. The molecular formula is C12H20N2O. The van der Waals surface area contributed by atoms with Gasteiger partial charge in [-0.2, -0.15) is 5.26 Å². The van der Waals surface area contributed by atoms with Gasteiger partial charge in [0.2, 0.25) is 5.91 Å². The Hall–Kier alpha value is -1.04. The molecule has 0 bridgehead atoms. The maximum atomic E-state index is 10.4. The van der Waals surface area contributed by atoms with Gasteiger partial charge in [0.05, 0.1) is 12.0 Å². The number of amides is 1. The maximum absolute atomic E-state index is 10.4. The van der Waals surface area contributed by atoms with Crippen LogP contribution >= 0.6 is 0 Å². The normalized spacial score (nSPS) is 33.0. The van der Waals surface area contributed by atoms with Crippen LogP contribution in [0.25, 0.3) is 0 Å². The Balaban J connectivity index is 0.000000151. The first kappa shape index (κ1) is 12.0. The van der Waals surface area contributed by atoms with Crippen LogP contribution in [0.3, 0.4) is 0 Å². The van der Waals surface area contributed by atoms with E-state index in [0.29, 0.717) is 11.3 Å². The second kappa shape index (κ2) is 3.52. The van der Waals surface area contributed by atoms with Crippen molar-refractivity contribution in [3.8, 4) is 6.07 Å². The summed E-state index contributed by atoms with van der Waals surface area (Å²) in [4.78, 5) is 10.4. The maximum Gasteiger partial charge on any atom is 0.221 e. The van der Waals surface area contributed by atoms with E-state index < -0.39 is 0 Å². The minimum Gasteiger partial charge on any atom is -0.369 e. The number of nitriles is 1. The predicted octanol–water partition coefficient (Wildman–Crippen LogP) is 2.07. The predicted molar refractivity (Wildman–Crippen MR) is 58.6 cm³/mol. The van der Waals surface area contributed by atoms with E-state index in [0.717, 1.165) is 12.8 Å². The lowest BCUT2D eigenvalue weighted by Gasteiger charge is -1.95. The summed E-state index contributed by atoms with van der Waals surface area (Å²) in [5.41, 5.74) is 5.60. The number of rotatable bonds is 1. The van der Waals surface area contributed by atoms with Crippen LogP contribution in [0.2, 0.25) is 0 Å². The molecule has 2 rings (SSSR count). The van der Waals surface area contributed by atoms with Crippen molar-refractivity contribution in [2.45, 2.75) is 40.5 Å². The molecule has 0 saturated heterocycles. The van der Waals surface area contributed by atoms with Gasteiger partial charge in [0.15, 0.2) is 0 Å². The lowest BCUT2D eigenvalue weighted by Crippen LogP contribution is -2.15. The molecule has 0 aliphatic heterocycles. The van der Waals surface area contributed by atoms with Gasteiger partial charge in [-0.1, -0.05) is 27.7 Å². The molecule has 0 aromatic rings. The molecule has 2 aliphatic rings. The smallest absolute Gasteiger partial charge is 0.221 e. The first-order chi connectivity index (χ1) is 6.70. The molecule has 2 saturated carbocycles. The van der Waals surface area contributed by atoms with Crippen LogP contribution in [-0.4, -0.2) is 5.91 Å². The van der Waals surface area contributed by atoms with Crippen molar-refractivity contribution in [3.05, 3.63) is 0 Å². The fraction of sp³-hybridized carbons (Fsp3) is 0.833. The molecule has 2 unspecified atom stereocenters. The average molecular weight is 208 g/mol. The molecule has 2 aliphatic carbocycles. The zero-order chi connectivity index (χ0) is 11.9. The molecule has 2 fully saturated rings. The topological polar surface area (TPSA) is 66.9 Å². The first-order valence-corrected chi connectivity index (χ1v) is 5.39. The zero-order valence-corrected chi connectivity index (χ0v) is 10.0. The van der Waals surface area contributed by atoms with Crippen molar-refractivity contribution < 1.29 is 4.79 Å². The molecule has 2 N–H and O–H groups in total. The number of hydrogen-bond donors (Lipinski definition) is 1. The molecule has 2 atom stereocenters. The number of carbonyl (C=O) groups excluding carboxylic acids is 1. The quantitative estimate of drug-likeness (QED) is 0.716. The van der Waals surface area contributed by atoms with Gasteiger partial charge in [-0.15, -0.1) is 0 Å². The van der Waals surface area contributed by atoms with E-state index in [1.165, 1.54) is 0 Å². The van der Waals surface area contributed by atoms with E-state index in [2.05, 4.69) is 33.8 Å². The SMILES string of the molecule is CC1(C)CC1C#N.CC1(C)CC1C(N)=O. The molecule has 15 heavy (non-hydrogen) atoms. The minimum atomic E-state index is -0.144. The summed E-state index contributed by atoms with van der Waals surface area (Å²) in [6.45, 7) is 8.37. The summed E-state index contributed by atoms with van der Waals surface area (Å²) >= 11 is 0. The monoisotopic (exact) mass is 208 g/mol. The fourth-order valence-electron chi connectivity index (χ4n) is 1.64.